The van der Waals surface area contributed by atoms with Crippen molar-refractivity contribution in [3.8, 4) is 6.07 Å². The lowest BCUT2D eigenvalue weighted by Gasteiger charge is -2.15. The van der Waals surface area contributed by atoms with Crippen LogP contribution in [0.5, 0.6) is 0 Å². The maximum atomic E-state index is 11.2. The van der Waals surface area contributed by atoms with Crippen LogP contribution in [0.4, 0.5) is 0 Å². The summed E-state index contributed by atoms with van der Waals surface area (Å²) in [5.41, 5.74) is 0.823. The second kappa shape index (κ2) is 3.91. The van der Waals surface area contributed by atoms with Crippen molar-refractivity contribution in [3.63, 3.8) is 0 Å². The van der Waals surface area contributed by atoms with Gasteiger partial charge in [-0.2, -0.15) is 5.26 Å². The zero-order valence-corrected chi connectivity index (χ0v) is 7.13. The van der Waals surface area contributed by atoms with Crippen LogP contribution in [-0.2, 0) is 4.79 Å². The van der Waals surface area contributed by atoms with Crippen LogP contribution in [0.25, 0.3) is 0 Å². The van der Waals surface area contributed by atoms with Crippen molar-refractivity contribution < 1.29 is 4.79 Å². The van der Waals surface area contributed by atoms with Gasteiger partial charge in [0.15, 0.2) is 0 Å². The lowest BCUT2D eigenvalue weighted by atomic mass is 9.98. The Bertz CT molecular complexity index is 250. The number of amides is 1. The first-order valence-electron chi connectivity index (χ1n) is 4.17. The topological polar surface area (TPSA) is 52.9 Å². The molecule has 0 bridgehead atoms. The molecule has 0 radical (unpaired) electrons. The highest BCUT2D eigenvalue weighted by Crippen LogP contribution is 2.17. The van der Waals surface area contributed by atoms with Gasteiger partial charge < -0.3 is 5.32 Å². The van der Waals surface area contributed by atoms with Crippen LogP contribution in [0.15, 0.2) is 11.6 Å². The van der Waals surface area contributed by atoms with Crippen LogP contribution >= 0.6 is 0 Å². The van der Waals surface area contributed by atoms with Gasteiger partial charge >= 0.3 is 0 Å². The van der Waals surface area contributed by atoms with Gasteiger partial charge in [-0.15, -0.1) is 0 Å². The van der Waals surface area contributed by atoms with E-state index in [0.29, 0.717) is 6.42 Å². The van der Waals surface area contributed by atoms with Crippen molar-refractivity contribution in [1.82, 2.24) is 5.32 Å². The molecule has 1 atom stereocenters. The molecule has 0 aliphatic heterocycles. The molecule has 0 saturated heterocycles. The number of nitrogens with one attached hydrogen (secondary N) is 1. The Kier molecular flexibility index (Phi) is 2.87. The molecule has 64 valence electrons. The fourth-order valence-electron chi connectivity index (χ4n) is 0.971. The highest BCUT2D eigenvalue weighted by atomic mass is 16.1. The van der Waals surface area contributed by atoms with Gasteiger partial charge in [-0.25, -0.2) is 0 Å². The molecule has 0 fully saturated rings. The maximum absolute atomic E-state index is 11.2. The SMILES string of the molecule is CCC(C#N)NC(=O)C1=CCC1. The molecule has 1 aliphatic carbocycles. The fourth-order valence-corrected chi connectivity index (χ4v) is 0.971. The van der Waals surface area contributed by atoms with Gasteiger partial charge in [0.05, 0.1) is 6.07 Å². The molecule has 1 amide bonds. The van der Waals surface area contributed by atoms with Crippen LogP contribution in [0.1, 0.15) is 26.2 Å². The Morgan fingerprint density at radius 3 is 2.92 bits per heavy atom. The summed E-state index contributed by atoms with van der Waals surface area (Å²) < 4.78 is 0. The van der Waals surface area contributed by atoms with Gasteiger partial charge in [0, 0.05) is 5.57 Å². The standard InChI is InChI=1S/C9H12N2O/c1-2-8(6-10)11-9(12)7-4-3-5-7/h4,8H,2-3,5H2,1H3,(H,11,12). The summed E-state index contributed by atoms with van der Waals surface area (Å²) in [6, 6.07) is 1.69. The summed E-state index contributed by atoms with van der Waals surface area (Å²) in [6.07, 6.45) is 4.41. The monoisotopic (exact) mass is 164 g/mol. The first-order valence-corrected chi connectivity index (χ1v) is 4.17. The van der Waals surface area contributed by atoms with Gasteiger partial charge in [-0.05, 0) is 19.3 Å². The highest BCUT2D eigenvalue weighted by molar-refractivity contribution is 5.94. The number of nitriles is 1. The van der Waals surface area contributed by atoms with E-state index in [1.807, 2.05) is 19.1 Å². The first-order chi connectivity index (χ1) is 5.77. The minimum Gasteiger partial charge on any atom is -0.337 e. The summed E-state index contributed by atoms with van der Waals surface area (Å²) in [6.45, 7) is 1.88. The van der Waals surface area contributed by atoms with E-state index in [1.165, 1.54) is 0 Å². The van der Waals surface area contributed by atoms with Crippen molar-refractivity contribution in [2.45, 2.75) is 32.2 Å². The summed E-state index contributed by atoms with van der Waals surface area (Å²) in [5, 5.41) is 11.2. The molecule has 1 rings (SSSR count). The Morgan fingerprint density at radius 2 is 2.58 bits per heavy atom. The molecule has 1 aliphatic rings. The molecule has 0 aromatic rings. The molecule has 0 aromatic carbocycles. The minimum atomic E-state index is -0.334. The highest BCUT2D eigenvalue weighted by Gasteiger charge is 2.16. The van der Waals surface area contributed by atoms with Crippen molar-refractivity contribution in [2.75, 3.05) is 0 Å². The Labute approximate surface area is 72.1 Å². The first kappa shape index (κ1) is 8.79. The molecule has 3 nitrogen and oxygen atoms in total. The van der Waals surface area contributed by atoms with Crippen LogP contribution in [0.3, 0.4) is 0 Å². The molecule has 0 aromatic heterocycles. The third-order valence-electron chi connectivity index (χ3n) is 1.97. The maximum Gasteiger partial charge on any atom is 0.247 e. The molecule has 0 spiro atoms. The second-order valence-corrected chi connectivity index (χ2v) is 2.83. The van der Waals surface area contributed by atoms with Crippen LogP contribution in [0.2, 0.25) is 0 Å². The number of hydrogen-bond acceptors (Lipinski definition) is 2. The Balaban J connectivity index is 2.40. The van der Waals surface area contributed by atoms with E-state index < -0.39 is 0 Å². The zero-order chi connectivity index (χ0) is 8.97. The van der Waals surface area contributed by atoms with E-state index in [4.69, 9.17) is 5.26 Å². The molecular formula is C9H12N2O. The molecule has 3 heteroatoms. The second-order valence-electron chi connectivity index (χ2n) is 2.83. The summed E-state index contributed by atoms with van der Waals surface area (Å²) in [7, 11) is 0. The zero-order valence-electron chi connectivity index (χ0n) is 7.13. The molecule has 1 unspecified atom stereocenters. The number of allylic oxidation sites excluding steroid dienone is 1. The molecule has 0 heterocycles. The summed E-state index contributed by atoms with van der Waals surface area (Å²) in [5.74, 6) is -0.0744. The summed E-state index contributed by atoms with van der Waals surface area (Å²) in [4.78, 5) is 11.2. The average Bonchev–Trinajstić information content (AvgIpc) is 1.96. The van der Waals surface area contributed by atoms with Crippen LogP contribution < -0.4 is 5.32 Å². The van der Waals surface area contributed by atoms with Gasteiger partial charge in [-0.1, -0.05) is 13.0 Å². The van der Waals surface area contributed by atoms with Crippen molar-refractivity contribution in [1.29, 1.82) is 5.26 Å². The predicted molar refractivity (Wildman–Crippen MR) is 45.2 cm³/mol. The number of rotatable bonds is 3. The van der Waals surface area contributed by atoms with E-state index in [2.05, 4.69) is 5.32 Å². The third-order valence-corrected chi connectivity index (χ3v) is 1.97. The van der Waals surface area contributed by atoms with Crippen molar-refractivity contribution in [2.24, 2.45) is 0 Å². The Morgan fingerprint density at radius 1 is 1.92 bits per heavy atom. The van der Waals surface area contributed by atoms with Crippen LogP contribution in [0, 0.1) is 11.3 Å². The van der Waals surface area contributed by atoms with Crippen LogP contribution in [-0.4, -0.2) is 11.9 Å². The van der Waals surface area contributed by atoms with Gasteiger partial charge in [-0.3, -0.25) is 4.79 Å². The van der Waals surface area contributed by atoms with E-state index in [-0.39, 0.29) is 11.9 Å². The smallest absolute Gasteiger partial charge is 0.247 e. The lowest BCUT2D eigenvalue weighted by molar-refractivity contribution is -0.118. The van der Waals surface area contributed by atoms with Gasteiger partial charge in [0.1, 0.15) is 6.04 Å². The minimum absolute atomic E-state index is 0.0744. The largest absolute Gasteiger partial charge is 0.337 e. The number of hydrogen-bond donors (Lipinski definition) is 1. The van der Waals surface area contributed by atoms with Crippen molar-refractivity contribution >= 4 is 5.91 Å². The van der Waals surface area contributed by atoms with E-state index in [1.54, 1.807) is 0 Å². The summed E-state index contributed by atoms with van der Waals surface area (Å²) >= 11 is 0. The van der Waals surface area contributed by atoms with E-state index in [0.717, 1.165) is 18.4 Å². The number of carbonyl (C=O) groups excluding carboxylic acids is 1. The van der Waals surface area contributed by atoms with Gasteiger partial charge in [0.2, 0.25) is 5.91 Å². The van der Waals surface area contributed by atoms with E-state index >= 15 is 0 Å². The lowest BCUT2D eigenvalue weighted by Crippen LogP contribution is -2.35. The quantitative estimate of drug-likeness (QED) is 0.679. The number of nitrogens with zero attached hydrogens (tertiary/aromatic N) is 1. The Hall–Kier alpha value is -1.30. The number of carbonyl (C=O) groups is 1. The molecule has 1 N–H and O–H groups in total. The molecule has 12 heavy (non-hydrogen) atoms. The normalized spacial score (nSPS) is 16.8. The molecular weight excluding hydrogens is 152 g/mol. The van der Waals surface area contributed by atoms with Gasteiger partial charge in [0.25, 0.3) is 0 Å². The third kappa shape index (κ3) is 1.85. The van der Waals surface area contributed by atoms with Crippen molar-refractivity contribution in [3.05, 3.63) is 11.6 Å². The van der Waals surface area contributed by atoms with E-state index in [9.17, 15) is 4.79 Å². The fraction of sp³-hybridized carbons (Fsp3) is 0.556. The predicted octanol–water partition coefficient (Wildman–Crippen LogP) is 1.12. The average molecular weight is 164 g/mol. The molecule has 0 saturated carbocycles.